The minimum Gasteiger partial charge on any atom is -0.475 e. The van der Waals surface area contributed by atoms with Gasteiger partial charge in [0, 0.05) is 12.5 Å². The van der Waals surface area contributed by atoms with E-state index in [1.807, 2.05) is 24.3 Å². The number of hydrogen-bond acceptors (Lipinski definition) is 5. The number of fused-ring (bicyclic) bond motifs is 1. The van der Waals surface area contributed by atoms with Gasteiger partial charge in [0.25, 0.3) is 0 Å². The summed E-state index contributed by atoms with van der Waals surface area (Å²) in [5, 5.41) is 0.915. The number of ether oxygens (including phenoxy) is 3. The van der Waals surface area contributed by atoms with Gasteiger partial charge in [-0.2, -0.15) is 0 Å². The summed E-state index contributed by atoms with van der Waals surface area (Å²) >= 11 is 0. The van der Waals surface area contributed by atoms with Crippen molar-refractivity contribution in [2.75, 3.05) is 33.5 Å². The molecular weight excluding hydrogens is 258 g/mol. The van der Waals surface area contributed by atoms with Gasteiger partial charge >= 0.3 is 0 Å². The molecule has 0 amide bonds. The second kappa shape index (κ2) is 7.57. The molecule has 0 saturated heterocycles. The third-order valence-corrected chi connectivity index (χ3v) is 2.74. The van der Waals surface area contributed by atoms with Crippen LogP contribution in [0.15, 0.2) is 30.3 Å². The van der Waals surface area contributed by atoms with Crippen molar-refractivity contribution < 1.29 is 19.0 Å². The Hall–Kier alpha value is -1.98. The average Bonchev–Trinajstić information content (AvgIpc) is 2.50. The van der Waals surface area contributed by atoms with Gasteiger partial charge in [-0.3, -0.25) is 4.79 Å². The van der Waals surface area contributed by atoms with Crippen molar-refractivity contribution in [3.63, 3.8) is 0 Å². The number of methoxy groups -OCH3 is 1. The molecule has 0 unspecified atom stereocenters. The van der Waals surface area contributed by atoms with E-state index in [-0.39, 0.29) is 0 Å². The van der Waals surface area contributed by atoms with Gasteiger partial charge in [-0.15, -0.1) is 0 Å². The topological polar surface area (TPSA) is 57.6 Å². The highest BCUT2D eigenvalue weighted by molar-refractivity contribution is 5.88. The van der Waals surface area contributed by atoms with E-state index < -0.39 is 0 Å². The minimum atomic E-state index is 0.342. The third-order valence-electron chi connectivity index (χ3n) is 2.74. The van der Waals surface area contributed by atoms with Gasteiger partial charge in [0.05, 0.1) is 30.9 Å². The Morgan fingerprint density at radius 1 is 1.15 bits per heavy atom. The normalized spacial score (nSPS) is 10.7. The number of benzene rings is 1. The van der Waals surface area contributed by atoms with E-state index in [0.717, 1.165) is 17.2 Å². The van der Waals surface area contributed by atoms with Crippen LogP contribution in [0, 0.1) is 0 Å². The fraction of sp³-hybridized carbons (Fsp3) is 0.333. The molecule has 0 saturated carbocycles. The zero-order chi connectivity index (χ0) is 14.2. The zero-order valence-corrected chi connectivity index (χ0v) is 11.4. The van der Waals surface area contributed by atoms with Crippen LogP contribution < -0.4 is 4.74 Å². The van der Waals surface area contributed by atoms with Crippen molar-refractivity contribution in [1.82, 2.24) is 4.98 Å². The van der Waals surface area contributed by atoms with Crippen LogP contribution in [0.2, 0.25) is 0 Å². The number of carbonyl (C=O) groups is 1. The first-order valence-corrected chi connectivity index (χ1v) is 6.39. The highest BCUT2D eigenvalue weighted by Gasteiger charge is 2.07. The Morgan fingerprint density at radius 2 is 1.95 bits per heavy atom. The van der Waals surface area contributed by atoms with Crippen molar-refractivity contribution in [2.24, 2.45) is 0 Å². The molecule has 106 valence electrons. The number of pyridine rings is 1. The molecule has 0 N–H and O–H groups in total. The van der Waals surface area contributed by atoms with Gasteiger partial charge in [-0.05, 0) is 12.1 Å². The Labute approximate surface area is 117 Å². The zero-order valence-electron chi connectivity index (χ0n) is 11.4. The minimum absolute atomic E-state index is 0.342. The molecule has 20 heavy (non-hydrogen) atoms. The summed E-state index contributed by atoms with van der Waals surface area (Å²) in [5.41, 5.74) is 1.24. The molecule has 0 fully saturated rings. The monoisotopic (exact) mass is 275 g/mol. The Bertz CT molecular complexity index is 571. The lowest BCUT2D eigenvalue weighted by Crippen LogP contribution is -2.11. The van der Waals surface area contributed by atoms with Crippen LogP contribution in [0.4, 0.5) is 0 Å². The molecule has 5 nitrogen and oxygen atoms in total. The molecule has 0 radical (unpaired) electrons. The van der Waals surface area contributed by atoms with Gasteiger partial charge in [-0.1, -0.05) is 18.2 Å². The molecule has 1 aromatic carbocycles. The van der Waals surface area contributed by atoms with E-state index in [1.54, 1.807) is 13.2 Å². The predicted molar refractivity (Wildman–Crippen MR) is 75.3 cm³/mol. The number of aromatic nitrogens is 1. The molecule has 2 rings (SSSR count). The maximum absolute atomic E-state index is 11.1. The van der Waals surface area contributed by atoms with Gasteiger partial charge < -0.3 is 14.2 Å². The maximum Gasteiger partial charge on any atom is 0.224 e. The molecule has 5 heteroatoms. The SMILES string of the molecule is COCCOCCOc1nc2ccccc2cc1C=O. The number of rotatable bonds is 8. The summed E-state index contributed by atoms with van der Waals surface area (Å²) in [7, 11) is 1.62. The van der Waals surface area contributed by atoms with Crippen LogP contribution in [0.25, 0.3) is 10.9 Å². The van der Waals surface area contributed by atoms with Gasteiger partial charge in [0.2, 0.25) is 5.88 Å². The van der Waals surface area contributed by atoms with Crippen molar-refractivity contribution in [3.05, 3.63) is 35.9 Å². The Kier molecular flexibility index (Phi) is 5.46. The number of carbonyl (C=O) groups excluding carboxylic acids is 1. The first kappa shape index (κ1) is 14.4. The lowest BCUT2D eigenvalue weighted by molar-refractivity contribution is 0.0536. The Balaban J connectivity index is 1.99. The predicted octanol–water partition coefficient (Wildman–Crippen LogP) is 2.09. The lowest BCUT2D eigenvalue weighted by Gasteiger charge is -2.09. The molecule has 1 heterocycles. The van der Waals surface area contributed by atoms with E-state index in [2.05, 4.69) is 4.98 Å². The second-order valence-corrected chi connectivity index (χ2v) is 4.15. The summed E-state index contributed by atoms with van der Waals surface area (Å²) in [6.07, 6.45) is 0.751. The molecule has 1 aromatic heterocycles. The fourth-order valence-electron chi connectivity index (χ4n) is 1.76. The first-order chi connectivity index (χ1) is 9.85. The summed E-state index contributed by atoms with van der Waals surface area (Å²) in [6, 6.07) is 9.37. The van der Waals surface area contributed by atoms with E-state index in [4.69, 9.17) is 14.2 Å². The largest absolute Gasteiger partial charge is 0.475 e. The van der Waals surface area contributed by atoms with Crippen LogP contribution in [0.3, 0.4) is 0 Å². The van der Waals surface area contributed by atoms with E-state index in [9.17, 15) is 4.79 Å². The maximum atomic E-state index is 11.1. The van der Waals surface area contributed by atoms with Crippen molar-refractivity contribution in [3.8, 4) is 5.88 Å². The Morgan fingerprint density at radius 3 is 2.75 bits per heavy atom. The van der Waals surface area contributed by atoms with Gasteiger partial charge in [0.15, 0.2) is 6.29 Å². The number of nitrogens with zero attached hydrogens (tertiary/aromatic N) is 1. The molecule has 2 aromatic rings. The van der Waals surface area contributed by atoms with Gasteiger partial charge in [0.1, 0.15) is 6.61 Å². The number of para-hydroxylation sites is 1. The number of aldehydes is 1. The summed E-state index contributed by atoms with van der Waals surface area (Å²) < 4.78 is 15.7. The van der Waals surface area contributed by atoms with Crippen LogP contribution in [-0.2, 0) is 9.47 Å². The smallest absolute Gasteiger partial charge is 0.224 e. The van der Waals surface area contributed by atoms with Crippen molar-refractivity contribution in [2.45, 2.75) is 0 Å². The van der Waals surface area contributed by atoms with Gasteiger partial charge in [-0.25, -0.2) is 4.98 Å². The average molecular weight is 275 g/mol. The molecule has 0 aliphatic heterocycles. The van der Waals surface area contributed by atoms with Crippen LogP contribution >= 0.6 is 0 Å². The molecule has 0 spiro atoms. The summed E-state index contributed by atoms with van der Waals surface area (Å²) in [6.45, 7) is 1.84. The second-order valence-electron chi connectivity index (χ2n) is 4.15. The highest BCUT2D eigenvalue weighted by Crippen LogP contribution is 2.20. The quantitative estimate of drug-likeness (QED) is 0.545. The molecular formula is C15H17NO4. The summed E-state index contributed by atoms with van der Waals surface area (Å²) in [5.74, 6) is 0.342. The molecule has 0 aliphatic rings. The van der Waals surface area contributed by atoms with E-state index in [1.165, 1.54) is 0 Å². The first-order valence-electron chi connectivity index (χ1n) is 6.39. The van der Waals surface area contributed by atoms with Crippen LogP contribution in [0.5, 0.6) is 5.88 Å². The highest BCUT2D eigenvalue weighted by atomic mass is 16.5. The van der Waals surface area contributed by atoms with Crippen molar-refractivity contribution >= 4 is 17.2 Å². The van der Waals surface area contributed by atoms with Crippen molar-refractivity contribution in [1.29, 1.82) is 0 Å². The standard InChI is InChI=1S/C15H17NO4/c1-18-6-7-19-8-9-20-15-13(11-17)10-12-4-2-3-5-14(12)16-15/h2-5,10-11H,6-9H2,1H3. The lowest BCUT2D eigenvalue weighted by atomic mass is 10.1. The van der Waals surface area contributed by atoms with E-state index >= 15 is 0 Å². The third kappa shape index (κ3) is 3.76. The molecule has 0 bridgehead atoms. The molecule has 0 atom stereocenters. The van der Waals surface area contributed by atoms with Crippen LogP contribution in [-0.4, -0.2) is 44.8 Å². The number of hydrogen-bond donors (Lipinski definition) is 0. The van der Waals surface area contributed by atoms with E-state index in [0.29, 0.717) is 37.9 Å². The fourth-order valence-corrected chi connectivity index (χ4v) is 1.76. The summed E-state index contributed by atoms with van der Waals surface area (Å²) in [4.78, 5) is 15.4. The molecule has 0 aliphatic carbocycles. The van der Waals surface area contributed by atoms with Crippen LogP contribution in [0.1, 0.15) is 10.4 Å².